The second-order valence-electron chi connectivity index (χ2n) is 8.03. The van der Waals surface area contributed by atoms with Gasteiger partial charge in [0.15, 0.2) is 0 Å². The number of benzene rings is 5. The summed E-state index contributed by atoms with van der Waals surface area (Å²) in [5, 5.41) is 14.5. The Morgan fingerprint density at radius 3 is 1.81 bits per heavy atom. The summed E-state index contributed by atoms with van der Waals surface area (Å²) in [6, 6.07) is 37.9. The molecule has 3 nitrogen and oxygen atoms in total. The molecular weight excluding hydrogens is 390 g/mol. The Bertz CT molecular complexity index is 1560. The van der Waals surface area contributed by atoms with E-state index < -0.39 is 0 Å². The fraction of sp³-hybridized carbons (Fsp3) is 0.0345. The van der Waals surface area contributed by atoms with Crippen LogP contribution in [0.3, 0.4) is 0 Å². The summed E-state index contributed by atoms with van der Waals surface area (Å²) >= 11 is 0. The van der Waals surface area contributed by atoms with Crippen molar-refractivity contribution >= 4 is 38.7 Å². The van der Waals surface area contributed by atoms with Gasteiger partial charge in [-0.1, -0.05) is 97.1 Å². The van der Waals surface area contributed by atoms with Gasteiger partial charge in [0.25, 0.3) is 0 Å². The third-order valence-corrected chi connectivity index (χ3v) is 5.91. The average molecular weight is 412 g/mol. The SMILES string of the molecule is C(=C\C(c1ccc2ccccc2c1)n1nc2ccccc2n1)/c1ccc2ccccc2c1. The molecule has 3 heteroatoms. The Balaban J connectivity index is 1.46. The van der Waals surface area contributed by atoms with Crippen molar-refractivity contribution in [3.63, 3.8) is 0 Å². The highest BCUT2D eigenvalue weighted by Gasteiger charge is 2.15. The zero-order valence-corrected chi connectivity index (χ0v) is 17.5. The van der Waals surface area contributed by atoms with Crippen LogP contribution in [0.5, 0.6) is 0 Å². The lowest BCUT2D eigenvalue weighted by molar-refractivity contribution is 0.540. The molecule has 6 rings (SSSR count). The minimum Gasteiger partial charge on any atom is -0.172 e. The van der Waals surface area contributed by atoms with E-state index in [9.17, 15) is 0 Å². The van der Waals surface area contributed by atoms with Gasteiger partial charge in [0.1, 0.15) is 17.1 Å². The van der Waals surface area contributed by atoms with Gasteiger partial charge in [0.05, 0.1) is 0 Å². The molecule has 0 aliphatic carbocycles. The van der Waals surface area contributed by atoms with Crippen molar-refractivity contribution in [2.45, 2.75) is 6.04 Å². The van der Waals surface area contributed by atoms with E-state index in [2.05, 4.69) is 97.1 Å². The number of fused-ring (bicyclic) bond motifs is 3. The first-order valence-corrected chi connectivity index (χ1v) is 10.8. The van der Waals surface area contributed by atoms with E-state index in [-0.39, 0.29) is 6.04 Å². The van der Waals surface area contributed by atoms with Crippen LogP contribution in [-0.4, -0.2) is 15.0 Å². The molecule has 0 saturated heterocycles. The molecular formula is C29H21N3. The zero-order chi connectivity index (χ0) is 21.3. The van der Waals surface area contributed by atoms with E-state index in [4.69, 9.17) is 10.2 Å². The lowest BCUT2D eigenvalue weighted by Gasteiger charge is -2.14. The lowest BCUT2D eigenvalue weighted by atomic mass is 10.0. The summed E-state index contributed by atoms with van der Waals surface area (Å²) in [5.74, 6) is 0. The van der Waals surface area contributed by atoms with Crippen LogP contribution in [0.2, 0.25) is 0 Å². The Morgan fingerprint density at radius 2 is 1.12 bits per heavy atom. The summed E-state index contributed by atoms with van der Waals surface area (Å²) < 4.78 is 0. The highest BCUT2D eigenvalue weighted by molar-refractivity contribution is 5.85. The molecule has 0 aliphatic rings. The monoisotopic (exact) mass is 411 g/mol. The number of allylic oxidation sites excluding steroid dienone is 1. The number of hydrogen-bond acceptors (Lipinski definition) is 2. The second-order valence-corrected chi connectivity index (χ2v) is 8.03. The van der Waals surface area contributed by atoms with Gasteiger partial charge in [0, 0.05) is 0 Å². The van der Waals surface area contributed by atoms with Crippen LogP contribution in [0.1, 0.15) is 17.2 Å². The molecule has 1 aromatic heterocycles. The van der Waals surface area contributed by atoms with Crippen LogP contribution in [-0.2, 0) is 0 Å². The van der Waals surface area contributed by atoms with Crippen molar-refractivity contribution in [2.75, 3.05) is 0 Å². The van der Waals surface area contributed by atoms with E-state index in [0.717, 1.165) is 22.2 Å². The van der Waals surface area contributed by atoms with Gasteiger partial charge in [-0.05, 0) is 56.9 Å². The maximum Gasteiger partial charge on any atom is 0.115 e. The van der Waals surface area contributed by atoms with Gasteiger partial charge in [0.2, 0.25) is 0 Å². The molecule has 5 aromatic carbocycles. The third-order valence-electron chi connectivity index (χ3n) is 5.91. The quantitative estimate of drug-likeness (QED) is 0.311. The Kier molecular flexibility index (Phi) is 4.51. The van der Waals surface area contributed by atoms with Crippen LogP contribution in [0.15, 0.2) is 115 Å². The van der Waals surface area contributed by atoms with Gasteiger partial charge >= 0.3 is 0 Å². The van der Waals surface area contributed by atoms with Gasteiger partial charge < -0.3 is 0 Å². The maximum absolute atomic E-state index is 4.79. The largest absolute Gasteiger partial charge is 0.172 e. The summed E-state index contributed by atoms with van der Waals surface area (Å²) in [7, 11) is 0. The molecule has 0 amide bonds. The fourth-order valence-corrected chi connectivity index (χ4v) is 4.23. The summed E-state index contributed by atoms with van der Waals surface area (Å²) in [6.07, 6.45) is 4.35. The molecule has 6 aromatic rings. The highest BCUT2D eigenvalue weighted by Crippen LogP contribution is 2.26. The van der Waals surface area contributed by atoms with Gasteiger partial charge in [-0.25, -0.2) is 0 Å². The zero-order valence-electron chi connectivity index (χ0n) is 17.5. The van der Waals surface area contributed by atoms with E-state index in [0.29, 0.717) is 0 Å². The van der Waals surface area contributed by atoms with Gasteiger partial charge in [-0.2, -0.15) is 15.0 Å². The maximum atomic E-state index is 4.79. The third kappa shape index (κ3) is 3.44. The van der Waals surface area contributed by atoms with E-state index >= 15 is 0 Å². The van der Waals surface area contributed by atoms with Crippen LogP contribution in [0, 0.1) is 0 Å². The first-order chi connectivity index (χ1) is 15.8. The number of aromatic nitrogens is 3. The van der Waals surface area contributed by atoms with Crippen molar-refractivity contribution in [1.82, 2.24) is 15.0 Å². The molecule has 0 N–H and O–H groups in total. The molecule has 0 fully saturated rings. The Labute approximate surface area is 186 Å². The smallest absolute Gasteiger partial charge is 0.115 e. The topological polar surface area (TPSA) is 30.7 Å². The molecule has 0 aliphatic heterocycles. The number of hydrogen-bond donors (Lipinski definition) is 0. The van der Waals surface area contributed by atoms with E-state index in [1.807, 2.05) is 29.1 Å². The molecule has 1 heterocycles. The van der Waals surface area contributed by atoms with E-state index in [1.54, 1.807) is 0 Å². The van der Waals surface area contributed by atoms with Crippen molar-refractivity contribution in [2.24, 2.45) is 0 Å². The van der Waals surface area contributed by atoms with Crippen LogP contribution in [0.4, 0.5) is 0 Å². The minimum absolute atomic E-state index is 0.113. The van der Waals surface area contributed by atoms with Crippen molar-refractivity contribution in [3.05, 3.63) is 126 Å². The second kappa shape index (κ2) is 7.78. The van der Waals surface area contributed by atoms with Crippen LogP contribution >= 0.6 is 0 Å². The van der Waals surface area contributed by atoms with Crippen molar-refractivity contribution in [3.8, 4) is 0 Å². The number of rotatable bonds is 4. The van der Waals surface area contributed by atoms with Crippen LogP contribution < -0.4 is 0 Å². The van der Waals surface area contributed by atoms with Crippen LogP contribution in [0.25, 0.3) is 38.7 Å². The molecule has 32 heavy (non-hydrogen) atoms. The lowest BCUT2D eigenvalue weighted by Crippen LogP contribution is -2.11. The average Bonchev–Trinajstić information content (AvgIpc) is 3.28. The van der Waals surface area contributed by atoms with Crippen molar-refractivity contribution in [1.29, 1.82) is 0 Å². The normalized spacial score (nSPS) is 12.8. The molecule has 0 saturated carbocycles. The highest BCUT2D eigenvalue weighted by atomic mass is 15.5. The van der Waals surface area contributed by atoms with Crippen molar-refractivity contribution < 1.29 is 0 Å². The molecule has 152 valence electrons. The summed E-state index contributed by atoms with van der Waals surface area (Å²) in [5.41, 5.74) is 4.11. The van der Waals surface area contributed by atoms with Gasteiger partial charge in [-0.15, -0.1) is 0 Å². The predicted octanol–water partition coefficient (Wildman–Crippen LogP) is 7.04. The molecule has 1 atom stereocenters. The molecule has 0 bridgehead atoms. The fourth-order valence-electron chi connectivity index (χ4n) is 4.23. The number of nitrogens with zero attached hydrogens (tertiary/aromatic N) is 3. The molecule has 1 unspecified atom stereocenters. The predicted molar refractivity (Wildman–Crippen MR) is 133 cm³/mol. The Hall–Kier alpha value is -4.24. The minimum atomic E-state index is -0.113. The standard InChI is InChI=1S/C29H21N3/c1-3-9-24-19-21(13-15-22(24)7-1)14-18-29(32-30-27-11-5-6-12-28(27)31-32)26-17-16-23-8-2-4-10-25(23)20-26/h1-20,29H/b18-14+. The summed E-state index contributed by atoms with van der Waals surface area (Å²) in [6.45, 7) is 0. The molecule has 0 radical (unpaired) electrons. The molecule has 0 spiro atoms. The van der Waals surface area contributed by atoms with E-state index in [1.165, 1.54) is 21.5 Å². The Morgan fingerprint density at radius 1 is 0.562 bits per heavy atom. The summed E-state index contributed by atoms with van der Waals surface area (Å²) in [4.78, 5) is 1.83. The first-order valence-electron chi connectivity index (χ1n) is 10.8. The van der Waals surface area contributed by atoms with Gasteiger partial charge in [-0.3, -0.25) is 0 Å². The first kappa shape index (κ1) is 18.5.